The molecule has 1 aromatic heterocycles. The summed E-state index contributed by atoms with van der Waals surface area (Å²) in [6, 6.07) is 11.8. The number of rotatable bonds is 8. The van der Waals surface area contributed by atoms with Crippen molar-refractivity contribution in [2.24, 2.45) is 0 Å². The number of pyridine rings is 1. The van der Waals surface area contributed by atoms with Gasteiger partial charge in [-0.3, -0.25) is 9.78 Å². The summed E-state index contributed by atoms with van der Waals surface area (Å²) >= 11 is 0. The largest absolute Gasteiger partial charge is 0.493 e. The Morgan fingerprint density at radius 1 is 1.15 bits per heavy atom. The first-order chi connectivity index (χ1) is 13.2. The van der Waals surface area contributed by atoms with Crippen LogP contribution in [0.15, 0.2) is 42.6 Å². The first-order valence-corrected chi connectivity index (χ1v) is 9.28. The zero-order valence-electron chi connectivity index (χ0n) is 15.5. The summed E-state index contributed by atoms with van der Waals surface area (Å²) in [7, 11) is 0. The van der Waals surface area contributed by atoms with Crippen LogP contribution in [0.4, 0.5) is 4.79 Å². The quantitative estimate of drug-likeness (QED) is 0.716. The average Bonchev–Trinajstić information content (AvgIpc) is 3.13. The molecule has 1 saturated heterocycles. The van der Waals surface area contributed by atoms with Gasteiger partial charge < -0.3 is 9.47 Å². The highest BCUT2D eigenvalue weighted by atomic mass is 16.6. The summed E-state index contributed by atoms with van der Waals surface area (Å²) in [6.07, 6.45) is 3.98. The smallest absolute Gasteiger partial charge is 0.416 e. The van der Waals surface area contributed by atoms with Gasteiger partial charge in [-0.05, 0) is 42.2 Å². The van der Waals surface area contributed by atoms with Crippen LogP contribution in [-0.2, 0) is 28.8 Å². The van der Waals surface area contributed by atoms with Gasteiger partial charge in [0.15, 0.2) is 0 Å². The lowest BCUT2D eigenvalue weighted by molar-refractivity contribution is -0.127. The Kier molecular flexibility index (Phi) is 6.41. The molecule has 1 fully saturated rings. The van der Waals surface area contributed by atoms with Crippen molar-refractivity contribution >= 4 is 12.0 Å². The molecule has 6 heteroatoms. The highest BCUT2D eigenvalue weighted by Gasteiger charge is 2.27. The highest BCUT2D eigenvalue weighted by molar-refractivity contribution is 5.93. The van der Waals surface area contributed by atoms with Gasteiger partial charge in [-0.1, -0.05) is 25.1 Å². The topological polar surface area (TPSA) is 68.7 Å². The van der Waals surface area contributed by atoms with Gasteiger partial charge in [0.2, 0.25) is 5.91 Å². The third kappa shape index (κ3) is 5.29. The molecule has 0 saturated carbocycles. The van der Waals surface area contributed by atoms with Gasteiger partial charge in [0, 0.05) is 24.7 Å². The fraction of sp³-hybridized carbons (Fsp3) is 0.381. The third-order valence-corrected chi connectivity index (χ3v) is 4.53. The summed E-state index contributed by atoms with van der Waals surface area (Å²) in [4.78, 5) is 29.0. The van der Waals surface area contributed by atoms with Crippen LogP contribution in [0.2, 0.25) is 0 Å². The lowest BCUT2D eigenvalue weighted by atomic mass is 10.1. The number of hydrogen-bond donors (Lipinski definition) is 0. The first kappa shape index (κ1) is 18.9. The number of amides is 2. The van der Waals surface area contributed by atoms with Crippen LogP contribution < -0.4 is 4.74 Å². The van der Waals surface area contributed by atoms with E-state index in [2.05, 4.69) is 18.0 Å². The van der Waals surface area contributed by atoms with Crippen molar-refractivity contribution in [3.8, 4) is 5.75 Å². The van der Waals surface area contributed by atoms with Crippen molar-refractivity contribution in [2.45, 2.75) is 32.6 Å². The number of aryl methyl sites for hydroxylation is 2. The number of cyclic esters (lactones) is 1. The number of carbonyl (C=O) groups is 2. The number of nitrogens with zero attached hydrogens (tertiary/aromatic N) is 2. The molecule has 2 amide bonds. The monoisotopic (exact) mass is 368 g/mol. The summed E-state index contributed by atoms with van der Waals surface area (Å²) in [5, 5.41) is 0. The summed E-state index contributed by atoms with van der Waals surface area (Å²) in [5.74, 6) is 0.595. The molecule has 0 radical (unpaired) electrons. The molecule has 142 valence electrons. The van der Waals surface area contributed by atoms with E-state index in [0.29, 0.717) is 19.6 Å². The molecular weight excluding hydrogens is 344 g/mol. The normalized spacial score (nSPS) is 13.5. The van der Waals surface area contributed by atoms with Gasteiger partial charge in [0.05, 0.1) is 13.2 Å². The molecule has 1 aliphatic heterocycles. The van der Waals surface area contributed by atoms with Crippen molar-refractivity contribution in [3.63, 3.8) is 0 Å². The Labute approximate surface area is 159 Å². The molecule has 0 spiro atoms. The first-order valence-electron chi connectivity index (χ1n) is 9.28. The molecule has 27 heavy (non-hydrogen) atoms. The fourth-order valence-electron chi connectivity index (χ4n) is 2.84. The molecule has 2 aromatic rings. The van der Waals surface area contributed by atoms with Crippen molar-refractivity contribution in [1.82, 2.24) is 9.88 Å². The molecule has 3 rings (SSSR count). The molecule has 6 nitrogen and oxygen atoms in total. The van der Waals surface area contributed by atoms with Crippen LogP contribution in [0.5, 0.6) is 5.75 Å². The third-order valence-electron chi connectivity index (χ3n) is 4.53. The van der Waals surface area contributed by atoms with Gasteiger partial charge in [-0.15, -0.1) is 0 Å². The van der Waals surface area contributed by atoms with E-state index in [0.717, 1.165) is 29.8 Å². The molecule has 0 bridgehead atoms. The maximum absolute atomic E-state index is 12.0. The van der Waals surface area contributed by atoms with Crippen molar-refractivity contribution in [1.29, 1.82) is 0 Å². The van der Waals surface area contributed by atoms with E-state index in [1.807, 2.05) is 36.5 Å². The number of carbonyl (C=O) groups excluding carboxylic acids is 2. The highest BCUT2D eigenvalue weighted by Crippen LogP contribution is 2.15. The maximum Gasteiger partial charge on any atom is 0.416 e. The second-order valence-corrected chi connectivity index (χ2v) is 6.41. The second kappa shape index (κ2) is 9.16. The molecule has 0 atom stereocenters. The molecule has 0 aliphatic carbocycles. The van der Waals surface area contributed by atoms with Crippen molar-refractivity contribution in [2.75, 3.05) is 19.8 Å². The van der Waals surface area contributed by atoms with Crippen LogP contribution in [0.1, 0.15) is 30.2 Å². The Hall–Kier alpha value is -2.89. The van der Waals surface area contributed by atoms with Crippen molar-refractivity contribution < 1.29 is 19.1 Å². The minimum atomic E-state index is -0.539. The van der Waals surface area contributed by atoms with E-state index < -0.39 is 6.09 Å². The molecule has 0 unspecified atom stereocenters. The zero-order valence-corrected chi connectivity index (χ0v) is 15.5. The van der Waals surface area contributed by atoms with Crippen LogP contribution in [0.3, 0.4) is 0 Å². The Morgan fingerprint density at radius 3 is 2.56 bits per heavy atom. The van der Waals surface area contributed by atoms with Gasteiger partial charge in [-0.25, -0.2) is 9.69 Å². The van der Waals surface area contributed by atoms with Crippen LogP contribution in [0.25, 0.3) is 0 Å². The predicted molar refractivity (Wildman–Crippen MR) is 101 cm³/mol. The lowest BCUT2D eigenvalue weighted by Crippen LogP contribution is -2.31. The van der Waals surface area contributed by atoms with E-state index >= 15 is 0 Å². The number of imide groups is 1. The SMILES string of the molecule is CCc1ccc(CCOc2ccc(CCC(=O)N3CCOC3=O)cc2)nc1. The molecule has 1 aliphatic rings. The molecular formula is C21H24N2O4. The Bertz CT molecular complexity index is 772. The number of ether oxygens (including phenoxy) is 2. The zero-order chi connectivity index (χ0) is 19.1. The Morgan fingerprint density at radius 2 is 1.93 bits per heavy atom. The van der Waals surface area contributed by atoms with Crippen LogP contribution >= 0.6 is 0 Å². The van der Waals surface area contributed by atoms with E-state index in [9.17, 15) is 9.59 Å². The van der Waals surface area contributed by atoms with Gasteiger partial charge >= 0.3 is 6.09 Å². The second-order valence-electron chi connectivity index (χ2n) is 6.41. The van der Waals surface area contributed by atoms with Gasteiger partial charge in [0.1, 0.15) is 12.4 Å². The average molecular weight is 368 g/mol. The van der Waals surface area contributed by atoms with Crippen molar-refractivity contribution in [3.05, 3.63) is 59.4 Å². The fourth-order valence-corrected chi connectivity index (χ4v) is 2.84. The van der Waals surface area contributed by atoms with Gasteiger partial charge in [-0.2, -0.15) is 0 Å². The summed E-state index contributed by atoms with van der Waals surface area (Å²) in [6.45, 7) is 3.31. The van der Waals surface area contributed by atoms with Gasteiger partial charge in [0.25, 0.3) is 0 Å². The molecule has 1 aromatic carbocycles. The number of hydrogen-bond acceptors (Lipinski definition) is 5. The summed E-state index contributed by atoms with van der Waals surface area (Å²) < 4.78 is 10.5. The van der Waals surface area contributed by atoms with E-state index in [-0.39, 0.29) is 18.9 Å². The van der Waals surface area contributed by atoms with Crippen LogP contribution in [0, 0.1) is 0 Å². The summed E-state index contributed by atoms with van der Waals surface area (Å²) in [5.41, 5.74) is 3.28. The molecule has 2 heterocycles. The minimum absolute atomic E-state index is 0.195. The predicted octanol–water partition coefficient (Wildman–Crippen LogP) is 3.18. The minimum Gasteiger partial charge on any atom is -0.493 e. The van der Waals surface area contributed by atoms with E-state index in [1.165, 1.54) is 10.5 Å². The molecule has 0 N–H and O–H groups in total. The lowest BCUT2D eigenvalue weighted by Gasteiger charge is -2.11. The van der Waals surface area contributed by atoms with Crippen LogP contribution in [-0.4, -0.2) is 41.6 Å². The number of aromatic nitrogens is 1. The maximum atomic E-state index is 12.0. The van der Waals surface area contributed by atoms with E-state index in [1.54, 1.807) is 0 Å². The number of benzene rings is 1. The van der Waals surface area contributed by atoms with E-state index in [4.69, 9.17) is 9.47 Å². The Balaban J connectivity index is 1.41. The standard InChI is InChI=1S/C21H24N2O4/c1-2-16-3-7-18(22-15-16)11-13-26-19-8-4-17(5-9-19)6-10-20(24)23-12-14-27-21(23)25/h3-5,7-9,15H,2,6,10-14H2,1H3.